The van der Waals surface area contributed by atoms with Gasteiger partial charge in [0.05, 0.1) is 26.4 Å². The molecule has 25 heavy (non-hydrogen) atoms. The molecule has 2 saturated heterocycles. The van der Waals surface area contributed by atoms with Crippen LogP contribution in [0.4, 0.5) is 0 Å². The molecule has 0 bridgehead atoms. The summed E-state index contributed by atoms with van der Waals surface area (Å²) in [7, 11) is 1.51. The quantitative estimate of drug-likeness (QED) is 0.229. The van der Waals surface area contributed by atoms with E-state index >= 15 is 0 Å². The van der Waals surface area contributed by atoms with Gasteiger partial charge in [-0.1, -0.05) is 13.5 Å². The topological polar surface area (TPSA) is 88.3 Å². The first-order valence-electron chi connectivity index (χ1n) is 8.25. The van der Waals surface area contributed by atoms with Crippen LogP contribution in [0.2, 0.25) is 0 Å². The van der Waals surface area contributed by atoms with Gasteiger partial charge in [-0.2, -0.15) is 0 Å². The molecule has 2 aliphatic rings. The Hall–Kier alpha value is -0.813. The lowest BCUT2D eigenvalue weighted by atomic mass is 10.4. The summed E-state index contributed by atoms with van der Waals surface area (Å²) >= 11 is 0. The molecule has 8 nitrogen and oxygen atoms in total. The average Bonchev–Trinajstić information content (AvgIpc) is 3.51. The van der Waals surface area contributed by atoms with Crippen molar-refractivity contribution in [2.45, 2.75) is 38.2 Å². The van der Waals surface area contributed by atoms with E-state index in [2.05, 4.69) is 6.58 Å². The zero-order valence-corrected chi connectivity index (χ0v) is 16.7. The molecule has 0 aromatic carbocycles. The summed E-state index contributed by atoms with van der Waals surface area (Å²) in [5, 5.41) is 0. The molecule has 9 heteroatoms. The highest BCUT2D eigenvalue weighted by Crippen LogP contribution is 2.19. The van der Waals surface area contributed by atoms with Crippen LogP contribution in [0.25, 0.3) is 0 Å². The van der Waals surface area contributed by atoms with Crippen LogP contribution in [0.15, 0.2) is 12.2 Å². The first kappa shape index (κ1) is 22.2. The monoisotopic (exact) mass is 378 g/mol. The van der Waals surface area contributed by atoms with E-state index in [1.165, 1.54) is 21.3 Å². The minimum Gasteiger partial charge on any atom is -0.454 e. The Balaban J connectivity index is 0.000000286. The molecule has 0 saturated carbocycles. The van der Waals surface area contributed by atoms with Crippen LogP contribution >= 0.6 is 0 Å². The minimum atomic E-state index is -2.94. The number of hydrogen-bond donors (Lipinski definition) is 0. The molecule has 2 rings (SSSR count). The standard InChI is InChI=1S/C10H20O5Si.C6H10O3/c1-7-9(15-10(11)8(2)3)16(12-4,13-5)14-6;1(5-3-8-5)7-2-6-4-9-6/h9H,2,7H2,1,3-6H3;5-6H,1-4H2. The van der Waals surface area contributed by atoms with Gasteiger partial charge in [0.1, 0.15) is 12.2 Å². The van der Waals surface area contributed by atoms with Gasteiger partial charge in [-0.3, -0.25) is 0 Å². The second-order valence-electron chi connectivity index (χ2n) is 5.75. The van der Waals surface area contributed by atoms with Crippen LogP contribution in [0.1, 0.15) is 20.3 Å². The first-order chi connectivity index (χ1) is 11.9. The largest absolute Gasteiger partial charge is 0.543 e. The number of ether oxygens (including phenoxy) is 4. The maximum absolute atomic E-state index is 11.4. The minimum absolute atomic E-state index is 0.338. The molecule has 3 unspecified atom stereocenters. The number of esters is 1. The molecule has 0 amide bonds. The average molecular weight is 378 g/mol. The number of rotatable bonds is 11. The zero-order chi connectivity index (χ0) is 18.9. The Morgan fingerprint density at radius 2 is 1.56 bits per heavy atom. The van der Waals surface area contributed by atoms with E-state index in [0.29, 0.717) is 24.2 Å². The Morgan fingerprint density at radius 1 is 1.12 bits per heavy atom. The van der Waals surface area contributed by atoms with Crippen molar-refractivity contribution in [2.75, 3.05) is 47.8 Å². The van der Waals surface area contributed by atoms with E-state index < -0.39 is 20.5 Å². The molecule has 0 aromatic heterocycles. The van der Waals surface area contributed by atoms with Gasteiger partial charge in [-0.05, 0) is 13.3 Å². The van der Waals surface area contributed by atoms with Crippen LogP contribution in [-0.2, 0) is 37.0 Å². The predicted molar refractivity (Wildman–Crippen MR) is 92.1 cm³/mol. The number of epoxide rings is 2. The summed E-state index contributed by atoms with van der Waals surface area (Å²) in [4.78, 5) is 11.4. The summed E-state index contributed by atoms with van der Waals surface area (Å²) in [5.41, 5.74) is -0.179. The van der Waals surface area contributed by atoms with Crippen molar-refractivity contribution in [3.8, 4) is 0 Å². The van der Waals surface area contributed by atoms with Crippen molar-refractivity contribution in [3.63, 3.8) is 0 Å². The van der Waals surface area contributed by atoms with E-state index in [4.69, 9.17) is 32.2 Å². The molecular formula is C16H30O8Si. The third-order valence-corrected chi connectivity index (χ3v) is 6.65. The van der Waals surface area contributed by atoms with E-state index in [-0.39, 0.29) is 0 Å². The van der Waals surface area contributed by atoms with E-state index in [1.807, 2.05) is 6.92 Å². The fourth-order valence-corrected chi connectivity index (χ4v) is 3.98. The lowest BCUT2D eigenvalue weighted by Crippen LogP contribution is -2.56. The summed E-state index contributed by atoms with van der Waals surface area (Å²) in [6.45, 7) is 10.2. The van der Waals surface area contributed by atoms with Gasteiger partial charge in [0.15, 0.2) is 5.73 Å². The van der Waals surface area contributed by atoms with Gasteiger partial charge in [0.25, 0.3) is 0 Å². The Bertz CT molecular complexity index is 398. The highest BCUT2D eigenvalue weighted by molar-refractivity contribution is 6.62. The smallest absolute Gasteiger partial charge is 0.454 e. The molecule has 0 radical (unpaired) electrons. The Kier molecular flexibility index (Phi) is 9.80. The SMILES string of the molecule is C(OCC1CO1)C1CO1.C=C(C)C(=O)OC(CC)[Si](OC)(OC)OC. The van der Waals surface area contributed by atoms with Crippen molar-refractivity contribution in [1.29, 1.82) is 0 Å². The van der Waals surface area contributed by atoms with Crippen molar-refractivity contribution in [3.05, 3.63) is 12.2 Å². The molecule has 2 fully saturated rings. The van der Waals surface area contributed by atoms with Crippen LogP contribution in [0.3, 0.4) is 0 Å². The van der Waals surface area contributed by atoms with Crippen LogP contribution < -0.4 is 0 Å². The zero-order valence-electron chi connectivity index (χ0n) is 15.7. The molecule has 0 aromatic rings. The van der Waals surface area contributed by atoms with E-state index in [0.717, 1.165) is 26.4 Å². The normalized spacial score (nSPS) is 22.4. The molecule has 2 aliphatic heterocycles. The highest BCUT2D eigenvalue weighted by atomic mass is 28.4. The van der Waals surface area contributed by atoms with Crippen LogP contribution in [-0.4, -0.2) is 80.5 Å². The van der Waals surface area contributed by atoms with E-state index in [1.54, 1.807) is 6.92 Å². The summed E-state index contributed by atoms with van der Waals surface area (Å²) in [6.07, 6.45) is 1.34. The van der Waals surface area contributed by atoms with E-state index in [9.17, 15) is 4.79 Å². The molecule has 146 valence electrons. The molecule has 0 aliphatic carbocycles. The first-order valence-corrected chi connectivity index (χ1v) is 10.0. The number of hydrogen-bond acceptors (Lipinski definition) is 8. The van der Waals surface area contributed by atoms with Crippen molar-refractivity contribution in [2.24, 2.45) is 0 Å². The molecule has 0 spiro atoms. The lowest BCUT2D eigenvalue weighted by Gasteiger charge is -2.31. The highest BCUT2D eigenvalue weighted by Gasteiger charge is 2.49. The maximum Gasteiger partial charge on any atom is 0.543 e. The van der Waals surface area contributed by atoms with Crippen molar-refractivity contribution in [1.82, 2.24) is 0 Å². The third-order valence-electron chi connectivity index (χ3n) is 3.63. The lowest BCUT2D eigenvalue weighted by molar-refractivity contribution is -0.143. The fourth-order valence-electron chi connectivity index (χ4n) is 1.94. The summed E-state index contributed by atoms with van der Waals surface area (Å²) < 4.78 is 36.1. The maximum atomic E-state index is 11.4. The van der Waals surface area contributed by atoms with Crippen molar-refractivity contribution >= 4 is 14.8 Å². The van der Waals surface area contributed by atoms with Crippen molar-refractivity contribution < 1.29 is 37.0 Å². The number of carbonyl (C=O) groups excluding carboxylic acids is 1. The predicted octanol–water partition coefficient (Wildman–Crippen LogP) is 1.10. The van der Waals surface area contributed by atoms with Gasteiger partial charge < -0.3 is 32.2 Å². The molecule has 2 heterocycles. The Labute approximate surface area is 150 Å². The molecular weight excluding hydrogens is 348 g/mol. The summed E-state index contributed by atoms with van der Waals surface area (Å²) in [6, 6.07) is 0. The van der Waals surface area contributed by atoms with Gasteiger partial charge in [0.2, 0.25) is 0 Å². The third kappa shape index (κ3) is 7.95. The van der Waals surface area contributed by atoms with Gasteiger partial charge in [-0.25, -0.2) is 4.79 Å². The molecule has 3 atom stereocenters. The van der Waals surface area contributed by atoms with Gasteiger partial charge in [-0.15, -0.1) is 0 Å². The summed E-state index contributed by atoms with van der Waals surface area (Å²) in [5.74, 6) is -0.463. The second-order valence-corrected chi connectivity index (χ2v) is 8.82. The van der Waals surface area contributed by atoms with Crippen LogP contribution in [0, 0.1) is 0 Å². The van der Waals surface area contributed by atoms with Gasteiger partial charge in [0, 0.05) is 26.9 Å². The second kappa shape index (κ2) is 11.0. The van der Waals surface area contributed by atoms with Crippen LogP contribution in [0.5, 0.6) is 0 Å². The van der Waals surface area contributed by atoms with Gasteiger partial charge >= 0.3 is 14.8 Å². The number of carbonyl (C=O) groups is 1. The Morgan fingerprint density at radius 3 is 1.84 bits per heavy atom. The molecule has 0 N–H and O–H groups in total. The fraction of sp³-hybridized carbons (Fsp3) is 0.812.